The molecule has 1 saturated heterocycles. The molecule has 19 heavy (non-hydrogen) atoms. The van der Waals surface area contributed by atoms with Crippen molar-refractivity contribution in [3.8, 4) is 0 Å². The Morgan fingerprint density at radius 3 is 3.00 bits per heavy atom. The Balaban J connectivity index is 1.93. The van der Waals surface area contributed by atoms with Crippen LogP contribution in [0.3, 0.4) is 0 Å². The van der Waals surface area contributed by atoms with E-state index >= 15 is 0 Å². The second-order valence-electron chi connectivity index (χ2n) is 5.26. The van der Waals surface area contributed by atoms with Crippen LogP contribution in [0, 0.1) is 11.6 Å². The van der Waals surface area contributed by atoms with Gasteiger partial charge in [-0.05, 0) is 50.6 Å². The van der Waals surface area contributed by atoms with Gasteiger partial charge in [-0.2, -0.15) is 0 Å². The second-order valence-corrected chi connectivity index (χ2v) is 5.26. The number of hydrogen-bond donors (Lipinski definition) is 1. The molecule has 2 nitrogen and oxygen atoms in total. The number of likely N-dealkylation sites (tertiary alicyclic amines) is 1. The van der Waals surface area contributed by atoms with Crippen LogP contribution < -0.4 is 5.32 Å². The third-order valence-electron chi connectivity index (χ3n) is 3.59. The van der Waals surface area contributed by atoms with E-state index in [4.69, 9.17) is 0 Å². The van der Waals surface area contributed by atoms with E-state index in [1.807, 2.05) is 0 Å². The van der Waals surface area contributed by atoms with E-state index in [9.17, 15) is 8.78 Å². The predicted molar refractivity (Wildman–Crippen MR) is 73.0 cm³/mol. The second kappa shape index (κ2) is 6.96. The van der Waals surface area contributed by atoms with Crippen LogP contribution >= 0.6 is 0 Å². The molecule has 1 aliphatic heterocycles. The molecule has 1 unspecified atom stereocenters. The minimum Gasteiger partial charge on any atom is -0.313 e. The van der Waals surface area contributed by atoms with Crippen molar-refractivity contribution in [3.63, 3.8) is 0 Å². The molecule has 0 aliphatic carbocycles. The van der Waals surface area contributed by atoms with Gasteiger partial charge in [0.2, 0.25) is 0 Å². The molecule has 1 fully saturated rings. The summed E-state index contributed by atoms with van der Waals surface area (Å²) in [5.41, 5.74) is 0.455. The summed E-state index contributed by atoms with van der Waals surface area (Å²) in [6.45, 7) is 5.53. The minimum atomic E-state index is -0.367. The van der Waals surface area contributed by atoms with Gasteiger partial charge in [-0.15, -0.1) is 0 Å². The molecular formula is C15H22F2N2. The normalized spacial score (nSPS) is 20.7. The summed E-state index contributed by atoms with van der Waals surface area (Å²) >= 11 is 0. The Hall–Kier alpha value is -1.00. The van der Waals surface area contributed by atoms with Crippen molar-refractivity contribution in [1.82, 2.24) is 10.2 Å². The molecule has 1 aliphatic rings. The van der Waals surface area contributed by atoms with E-state index in [-0.39, 0.29) is 11.6 Å². The first-order valence-corrected chi connectivity index (χ1v) is 7.08. The van der Waals surface area contributed by atoms with E-state index < -0.39 is 0 Å². The van der Waals surface area contributed by atoms with Gasteiger partial charge < -0.3 is 5.32 Å². The number of nitrogens with one attached hydrogen (secondary N) is 1. The Morgan fingerprint density at radius 1 is 1.37 bits per heavy atom. The van der Waals surface area contributed by atoms with Crippen LogP contribution in [-0.4, -0.2) is 30.6 Å². The van der Waals surface area contributed by atoms with Crippen LogP contribution in [0.1, 0.15) is 31.7 Å². The van der Waals surface area contributed by atoms with Crippen molar-refractivity contribution < 1.29 is 8.78 Å². The number of benzene rings is 1. The Bertz CT molecular complexity index is 409. The van der Waals surface area contributed by atoms with Crippen LogP contribution in [0.15, 0.2) is 18.2 Å². The highest BCUT2D eigenvalue weighted by Gasteiger charge is 2.20. The van der Waals surface area contributed by atoms with E-state index in [0.29, 0.717) is 18.2 Å². The highest BCUT2D eigenvalue weighted by Crippen LogP contribution is 2.16. The van der Waals surface area contributed by atoms with Crippen LogP contribution in [0.2, 0.25) is 0 Å². The summed E-state index contributed by atoms with van der Waals surface area (Å²) in [7, 11) is 0. The summed E-state index contributed by atoms with van der Waals surface area (Å²) in [5, 5.41) is 3.50. The number of rotatable bonds is 5. The molecule has 1 N–H and O–H groups in total. The molecule has 2 rings (SSSR count). The first-order chi connectivity index (χ1) is 9.19. The molecule has 0 spiro atoms. The molecule has 4 heteroatoms. The van der Waals surface area contributed by atoms with E-state index in [1.165, 1.54) is 24.6 Å². The van der Waals surface area contributed by atoms with Crippen LogP contribution in [0.25, 0.3) is 0 Å². The molecule has 0 bridgehead atoms. The molecule has 106 valence electrons. The van der Waals surface area contributed by atoms with Crippen LogP contribution in [-0.2, 0) is 6.54 Å². The van der Waals surface area contributed by atoms with Gasteiger partial charge in [0.1, 0.15) is 11.6 Å². The number of halogens is 2. The highest BCUT2D eigenvalue weighted by atomic mass is 19.1. The zero-order valence-corrected chi connectivity index (χ0v) is 11.5. The van der Waals surface area contributed by atoms with Crippen molar-refractivity contribution in [2.75, 3.05) is 19.6 Å². The fraction of sp³-hybridized carbons (Fsp3) is 0.600. The number of piperidine rings is 1. The molecule has 0 radical (unpaired) electrons. The fourth-order valence-electron chi connectivity index (χ4n) is 2.62. The lowest BCUT2D eigenvalue weighted by Crippen LogP contribution is -2.45. The Kier molecular flexibility index (Phi) is 5.28. The zero-order valence-electron chi connectivity index (χ0n) is 11.5. The van der Waals surface area contributed by atoms with Crippen LogP contribution in [0.4, 0.5) is 8.78 Å². The molecule has 0 saturated carbocycles. The third kappa shape index (κ3) is 4.25. The maximum atomic E-state index is 13.6. The first kappa shape index (κ1) is 14.4. The van der Waals surface area contributed by atoms with Gasteiger partial charge in [0, 0.05) is 24.7 Å². The average molecular weight is 268 g/mol. The van der Waals surface area contributed by atoms with Crippen molar-refractivity contribution >= 4 is 0 Å². The lowest BCUT2D eigenvalue weighted by Gasteiger charge is -2.33. The standard InChI is InChI=1S/C15H22F2N2/c1-2-7-18-14-4-3-8-19(11-14)10-12-9-13(16)5-6-15(12)17/h5-6,9,14,18H,2-4,7-8,10-11H2,1H3. The van der Waals surface area contributed by atoms with Gasteiger partial charge in [0.25, 0.3) is 0 Å². The summed E-state index contributed by atoms with van der Waals surface area (Å²) < 4.78 is 26.8. The maximum Gasteiger partial charge on any atom is 0.127 e. The van der Waals surface area contributed by atoms with Gasteiger partial charge in [0.05, 0.1) is 0 Å². The van der Waals surface area contributed by atoms with Gasteiger partial charge in [-0.1, -0.05) is 6.92 Å². The van der Waals surface area contributed by atoms with Crippen molar-refractivity contribution in [1.29, 1.82) is 0 Å². The largest absolute Gasteiger partial charge is 0.313 e. The highest BCUT2D eigenvalue weighted by molar-refractivity contribution is 5.18. The Morgan fingerprint density at radius 2 is 2.21 bits per heavy atom. The smallest absolute Gasteiger partial charge is 0.127 e. The molecule has 1 heterocycles. The zero-order chi connectivity index (χ0) is 13.7. The molecule has 1 atom stereocenters. The van der Waals surface area contributed by atoms with E-state index in [1.54, 1.807) is 0 Å². The molecular weight excluding hydrogens is 246 g/mol. The van der Waals surface area contributed by atoms with Gasteiger partial charge in [-0.25, -0.2) is 8.78 Å². The minimum absolute atomic E-state index is 0.315. The number of nitrogens with zero attached hydrogens (tertiary/aromatic N) is 1. The SMILES string of the molecule is CCCNC1CCCN(Cc2cc(F)ccc2F)C1. The van der Waals surface area contributed by atoms with E-state index in [2.05, 4.69) is 17.1 Å². The van der Waals surface area contributed by atoms with Crippen molar-refractivity contribution in [3.05, 3.63) is 35.4 Å². The molecule has 0 amide bonds. The molecule has 1 aromatic rings. The monoisotopic (exact) mass is 268 g/mol. The molecule has 1 aromatic carbocycles. The first-order valence-electron chi connectivity index (χ1n) is 7.08. The number of hydrogen-bond acceptors (Lipinski definition) is 2. The van der Waals surface area contributed by atoms with E-state index in [0.717, 1.165) is 32.5 Å². The lowest BCUT2D eigenvalue weighted by molar-refractivity contribution is 0.181. The summed E-state index contributed by atoms with van der Waals surface area (Å²) in [5.74, 6) is -0.681. The topological polar surface area (TPSA) is 15.3 Å². The van der Waals surface area contributed by atoms with Crippen molar-refractivity contribution in [2.24, 2.45) is 0 Å². The average Bonchev–Trinajstić information content (AvgIpc) is 2.41. The Labute approximate surface area is 113 Å². The van der Waals surface area contributed by atoms with Gasteiger partial charge >= 0.3 is 0 Å². The fourth-order valence-corrected chi connectivity index (χ4v) is 2.62. The van der Waals surface area contributed by atoms with Gasteiger partial charge in [0.15, 0.2) is 0 Å². The third-order valence-corrected chi connectivity index (χ3v) is 3.59. The predicted octanol–water partition coefficient (Wildman–Crippen LogP) is 2.93. The summed E-state index contributed by atoms with van der Waals surface area (Å²) in [4.78, 5) is 2.20. The molecule has 0 aromatic heterocycles. The lowest BCUT2D eigenvalue weighted by atomic mass is 10.0. The van der Waals surface area contributed by atoms with Crippen LogP contribution in [0.5, 0.6) is 0 Å². The maximum absolute atomic E-state index is 13.6. The summed E-state index contributed by atoms with van der Waals surface area (Å²) in [6.07, 6.45) is 3.40. The summed E-state index contributed by atoms with van der Waals surface area (Å²) in [6, 6.07) is 4.16. The van der Waals surface area contributed by atoms with Gasteiger partial charge in [-0.3, -0.25) is 4.90 Å². The van der Waals surface area contributed by atoms with Crippen molar-refractivity contribution in [2.45, 2.75) is 38.8 Å². The quantitative estimate of drug-likeness (QED) is 0.883.